The highest BCUT2D eigenvalue weighted by Crippen LogP contribution is 2.16. The SMILES string of the molecule is CN=C(NCCN1C(=O)CNC1=O)N1CCC(Oc2ccccn2)C1.I. The highest BCUT2D eigenvalue weighted by molar-refractivity contribution is 14.0. The maximum absolute atomic E-state index is 11.6. The van der Waals surface area contributed by atoms with Crippen molar-refractivity contribution in [3.8, 4) is 5.88 Å². The molecule has 0 radical (unpaired) electrons. The van der Waals surface area contributed by atoms with Gasteiger partial charge in [0.25, 0.3) is 0 Å². The average Bonchev–Trinajstić information content (AvgIpc) is 3.20. The van der Waals surface area contributed by atoms with Crippen LogP contribution in [0.4, 0.5) is 4.79 Å². The second-order valence-electron chi connectivity index (χ2n) is 5.82. The minimum absolute atomic E-state index is 0. The van der Waals surface area contributed by atoms with Gasteiger partial charge in [-0.1, -0.05) is 6.07 Å². The van der Waals surface area contributed by atoms with E-state index in [0.717, 1.165) is 18.9 Å². The first kappa shape index (κ1) is 20.2. The number of hydrogen-bond acceptors (Lipinski definition) is 5. The van der Waals surface area contributed by atoms with Gasteiger partial charge >= 0.3 is 6.03 Å². The quantitative estimate of drug-likeness (QED) is 0.276. The van der Waals surface area contributed by atoms with Crippen molar-refractivity contribution in [2.45, 2.75) is 12.5 Å². The van der Waals surface area contributed by atoms with Crippen LogP contribution in [0.3, 0.4) is 0 Å². The van der Waals surface area contributed by atoms with E-state index in [1.165, 1.54) is 4.90 Å². The maximum atomic E-state index is 11.6. The third-order valence-corrected chi connectivity index (χ3v) is 4.14. The number of guanidine groups is 1. The number of urea groups is 1. The van der Waals surface area contributed by atoms with Crippen LogP contribution in [0.15, 0.2) is 29.4 Å². The number of aromatic nitrogens is 1. The highest BCUT2D eigenvalue weighted by atomic mass is 127. The number of hydrogen-bond donors (Lipinski definition) is 2. The van der Waals surface area contributed by atoms with Crippen LogP contribution in [0.25, 0.3) is 0 Å². The van der Waals surface area contributed by atoms with Crippen LogP contribution in [0, 0.1) is 0 Å². The smallest absolute Gasteiger partial charge is 0.324 e. The number of nitrogens with zero attached hydrogens (tertiary/aromatic N) is 4. The fourth-order valence-electron chi connectivity index (χ4n) is 2.90. The zero-order chi connectivity index (χ0) is 17.6. The molecular formula is C16H23IN6O3. The molecule has 1 unspecified atom stereocenters. The number of likely N-dealkylation sites (tertiary alicyclic amines) is 1. The molecule has 3 amide bonds. The Morgan fingerprint density at radius 3 is 2.96 bits per heavy atom. The maximum Gasteiger partial charge on any atom is 0.324 e. The predicted octanol–water partition coefficient (Wildman–Crippen LogP) is 0.280. The van der Waals surface area contributed by atoms with Crippen molar-refractivity contribution in [3.05, 3.63) is 24.4 Å². The molecule has 3 rings (SSSR count). The van der Waals surface area contributed by atoms with Crippen LogP contribution >= 0.6 is 24.0 Å². The summed E-state index contributed by atoms with van der Waals surface area (Å²) in [5.74, 6) is 1.15. The highest BCUT2D eigenvalue weighted by Gasteiger charge is 2.29. The van der Waals surface area contributed by atoms with E-state index in [2.05, 4.69) is 25.5 Å². The number of ether oxygens (including phenoxy) is 1. The van der Waals surface area contributed by atoms with Crippen LogP contribution < -0.4 is 15.4 Å². The van der Waals surface area contributed by atoms with Gasteiger partial charge in [0.2, 0.25) is 11.8 Å². The first-order valence-electron chi connectivity index (χ1n) is 8.29. The van der Waals surface area contributed by atoms with E-state index in [1.807, 2.05) is 18.2 Å². The summed E-state index contributed by atoms with van der Waals surface area (Å²) in [6.07, 6.45) is 2.64. The molecule has 1 aromatic heterocycles. The Hall–Kier alpha value is -2.11. The molecule has 2 saturated heterocycles. The lowest BCUT2D eigenvalue weighted by Crippen LogP contribution is -2.45. The number of pyridine rings is 1. The number of nitrogens with one attached hydrogen (secondary N) is 2. The largest absolute Gasteiger partial charge is 0.472 e. The predicted molar refractivity (Wildman–Crippen MR) is 107 cm³/mol. The topological polar surface area (TPSA) is 99.2 Å². The van der Waals surface area contributed by atoms with E-state index in [0.29, 0.717) is 25.5 Å². The summed E-state index contributed by atoms with van der Waals surface area (Å²) in [5, 5.41) is 5.70. The Bertz CT molecular complexity index is 641. The summed E-state index contributed by atoms with van der Waals surface area (Å²) in [6.45, 7) is 2.37. The van der Waals surface area contributed by atoms with Crippen molar-refractivity contribution in [1.82, 2.24) is 25.4 Å². The summed E-state index contributed by atoms with van der Waals surface area (Å²) >= 11 is 0. The van der Waals surface area contributed by atoms with Crippen molar-refractivity contribution in [2.75, 3.05) is 39.8 Å². The van der Waals surface area contributed by atoms with E-state index in [9.17, 15) is 9.59 Å². The second kappa shape index (κ2) is 9.55. The number of amides is 3. The zero-order valence-electron chi connectivity index (χ0n) is 14.6. The van der Waals surface area contributed by atoms with Crippen LogP contribution in [-0.4, -0.2) is 78.6 Å². The molecule has 142 valence electrons. The van der Waals surface area contributed by atoms with Gasteiger partial charge in [0.05, 0.1) is 13.1 Å². The number of carbonyl (C=O) groups is 2. The second-order valence-corrected chi connectivity index (χ2v) is 5.82. The molecule has 0 aliphatic carbocycles. The number of halogens is 1. The van der Waals surface area contributed by atoms with Gasteiger partial charge in [-0.25, -0.2) is 9.78 Å². The molecule has 10 heteroatoms. The van der Waals surface area contributed by atoms with Crippen molar-refractivity contribution in [3.63, 3.8) is 0 Å². The molecule has 0 bridgehead atoms. The van der Waals surface area contributed by atoms with Crippen molar-refractivity contribution < 1.29 is 14.3 Å². The summed E-state index contributed by atoms with van der Waals surface area (Å²) in [7, 11) is 1.71. The van der Waals surface area contributed by atoms with Crippen molar-refractivity contribution in [2.24, 2.45) is 4.99 Å². The molecule has 0 aromatic carbocycles. The zero-order valence-corrected chi connectivity index (χ0v) is 16.9. The molecule has 0 spiro atoms. The van der Waals surface area contributed by atoms with E-state index < -0.39 is 0 Å². The molecule has 2 N–H and O–H groups in total. The lowest BCUT2D eigenvalue weighted by Gasteiger charge is -2.22. The summed E-state index contributed by atoms with van der Waals surface area (Å²) in [6, 6.07) is 5.25. The Labute approximate surface area is 169 Å². The van der Waals surface area contributed by atoms with Gasteiger partial charge in [-0.3, -0.25) is 14.7 Å². The van der Waals surface area contributed by atoms with E-state index in [1.54, 1.807) is 13.2 Å². The van der Waals surface area contributed by atoms with Crippen LogP contribution in [0.2, 0.25) is 0 Å². The average molecular weight is 474 g/mol. The molecule has 2 fully saturated rings. The Kier molecular flexibility index (Phi) is 7.42. The lowest BCUT2D eigenvalue weighted by atomic mass is 10.3. The number of rotatable bonds is 5. The molecule has 1 aromatic rings. The number of imide groups is 1. The monoisotopic (exact) mass is 474 g/mol. The van der Waals surface area contributed by atoms with Gasteiger partial charge in [0.1, 0.15) is 6.10 Å². The molecule has 2 aliphatic rings. The normalized spacial score (nSPS) is 20.0. The molecule has 26 heavy (non-hydrogen) atoms. The van der Waals surface area contributed by atoms with Gasteiger partial charge in [-0.05, 0) is 6.07 Å². The summed E-state index contributed by atoms with van der Waals surface area (Å²) in [4.78, 5) is 34.8. The standard InChI is InChI=1S/C16H22N6O3.HI/c1-17-15(19-7-9-22-14(23)10-20-16(22)24)21-8-5-12(11-21)25-13-4-2-3-6-18-13;/h2-4,6,12H,5,7-11H2,1H3,(H,17,19)(H,20,24);1H. The fourth-order valence-corrected chi connectivity index (χ4v) is 2.90. The van der Waals surface area contributed by atoms with Crippen LogP contribution in [0.1, 0.15) is 6.42 Å². The Balaban J connectivity index is 0.00000243. The van der Waals surface area contributed by atoms with Gasteiger partial charge in [0, 0.05) is 45.4 Å². The molecule has 0 saturated carbocycles. The van der Waals surface area contributed by atoms with Gasteiger partial charge in [-0.15, -0.1) is 24.0 Å². The van der Waals surface area contributed by atoms with Crippen LogP contribution in [-0.2, 0) is 4.79 Å². The minimum Gasteiger partial charge on any atom is -0.472 e. The minimum atomic E-state index is -0.341. The van der Waals surface area contributed by atoms with Gasteiger partial charge in [-0.2, -0.15) is 0 Å². The van der Waals surface area contributed by atoms with E-state index >= 15 is 0 Å². The molecule has 9 nitrogen and oxygen atoms in total. The van der Waals surface area contributed by atoms with E-state index in [-0.39, 0.29) is 48.6 Å². The molecule has 3 heterocycles. The fraction of sp³-hybridized carbons (Fsp3) is 0.500. The van der Waals surface area contributed by atoms with Gasteiger partial charge in [0.15, 0.2) is 5.96 Å². The summed E-state index contributed by atoms with van der Waals surface area (Å²) < 4.78 is 5.87. The van der Waals surface area contributed by atoms with E-state index in [4.69, 9.17) is 4.74 Å². The molecule has 1 atom stereocenters. The van der Waals surface area contributed by atoms with Crippen molar-refractivity contribution >= 4 is 41.9 Å². The van der Waals surface area contributed by atoms with Crippen LogP contribution in [0.5, 0.6) is 5.88 Å². The Morgan fingerprint density at radius 2 is 2.31 bits per heavy atom. The number of carbonyl (C=O) groups excluding carboxylic acids is 2. The Morgan fingerprint density at radius 1 is 1.46 bits per heavy atom. The van der Waals surface area contributed by atoms with Crippen molar-refractivity contribution in [1.29, 1.82) is 0 Å². The lowest BCUT2D eigenvalue weighted by molar-refractivity contribution is -0.124. The molecular weight excluding hydrogens is 451 g/mol. The summed E-state index contributed by atoms with van der Waals surface area (Å²) in [5.41, 5.74) is 0. The molecule has 2 aliphatic heterocycles. The first-order valence-corrected chi connectivity index (χ1v) is 8.29. The third kappa shape index (κ3) is 4.96. The first-order chi connectivity index (χ1) is 12.2. The third-order valence-electron chi connectivity index (χ3n) is 4.14. The van der Waals surface area contributed by atoms with Gasteiger partial charge < -0.3 is 20.3 Å². The number of aliphatic imine (C=N–C) groups is 1.